The number of benzene rings is 1. The maximum Gasteiger partial charge on any atom is 0.250 e. The van der Waals surface area contributed by atoms with E-state index in [1.807, 2.05) is 32.0 Å². The zero-order valence-electron chi connectivity index (χ0n) is 10.4. The SMILES string of the molecule is Cc1cccc(Oc2nc(Cl)nc3nc[nH]c23)c1C. The van der Waals surface area contributed by atoms with Gasteiger partial charge in [0.2, 0.25) is 11.2 Å². The lowest BCUT2D eigenvalue weighted by atomic mass is 10.1. The van der Waals surface area contributed by atoms with Crippen molar-refractivity contribution in [2.45, 2.75) is 13.8 Å². The summed E-state index contributed by atoms with van der Waals surface area (Å²) in [6.07, 6.45) is 1.53. The molecule has 0 unspecified atom stereocenters. The third kappa shape index (κ3) is 2.13. The van der Waals surface area contributed by atoms with Gasteiger partial charge in [0, 0.05) is 0 Å². The van der Waals surface area contributed by atoms with Gasteiger partial charge >= 0.3 is 0 Å². The van der Waals surface area contributed by atoms with E-state index < -0.39 is 0 Å². The second-order valence-corrected chi connectivity index (χ2v) is 4.54. The van der Waals surface area contributed by atoms with Crippen LogP contribution in [0.3, 0.4) is 0 Å². The maximum absolute atomic E-state index is 5.86. The van der Waals surface area contributed by atoms with Crippen LogP contribution in [0.15, 0.2) is 24.5 Å². The molecule has 0 aliphatic rings. The molecule has 0 fully saturated rings. The van der Waals surface area contributed by atoms with Crippen LogP contribution in [0, 0.1) is 13.8 Å². The normalized spacial score (nSPS) is 10.9. The van der Waals surface area contributed by atoms with Crippen molar-refractivity contribution in [3.05, 3.63) is 40.9 Å². The number of ether oxygens (including phenoxy) is 1. The molecule has 19 heavy (non-hydrogen) atoms. The zero-order valence-corrected chi connectivity index (χ0v) is 11.2. The number of hydrogen-bond acceptors (Lipinski definition) is 4. The Morgan fingerprint density at radius 1 is 1.21 bits per heavy atom. The first-order chi connectivity index (χ1) is 9.15. The van der Waals surface area contributed by atoms with Crippen molar-refractivity contribution in [3.8, 4) is 11.6 Å². The van der Waals surface area contributed by atoms with Gasteiger partial charge in [-0.15, -0.1) is 0 Å². The Morgan fingerprint density at radius 3 is 2.89 bits per heavy atom. The molecular weight excluding hydrogens is 264 g/mol. The van der Waals surface area contributed by atoms with E-state index in [0.29, 0.717) is 17.0 Å². The summed E-state index contributed by atoms with van der Waals surface area (Å²) in [6, 6.07) is 5.85. The minimum Gasteiger partial charge on any atom is -0.437 e. The van der Waals surface area contributed by atoms with Crippen molar-refractivity contribution < 1.29 is 4.74 Å². The summed E-state index contributed by atoms with van der Waals surface area (Å²) in [5, 5.41) is 0.111. The van der Waals surface area contributed by atoms with Gasteiger partial charge in [0.15, 0.2) is 5.65 Å². The van der Waals surface area contributed by atoms with Crippen LogP contribution in [0.4, 0.5) is 0 Å². The van der Waals surface area contributed by atoms with Gasteiger partial charge in [-0.2, -0.15) is 9.97 Å². The lowest BCUT2D eigenvalue weighted by Crippen LogP contribution is -1.95. The minimum atomic E-state index is 0.111. The molecule has 6 heteroatoms. The van der Waals surface area contributed by atoms with Gasteiger partial charge in [-0.05, 0) is 42.6 Å². The van der Waals surface area contributed by atoms with Crippen molar-refractivity contribution in [2.24, 2.45) is 0 Å². The molecule has 0 atom stereocenters. The Kier molecular flexibility index (Phi) is 2.83. The predicted molar refractivity (Wildman–Crippen MR) is 72.7 cm³/mol. The highest BCUT2D eigenvalue weighted by molar-refractivity contribution is 6.28. The van der Waals surface area contributed by atoms with E-state index >= 15 is 0 Å². The van der Waals surface area contributed by atoms with Gasteiger partial charge < -0.3 is 9.72 Å². The van der Waals surface area contributed by atoms with Gasteiger partial charge in [0.25, 0.3) is 0 Å². The molecule has 2 heterocycles. The molecule has 96 valence electrons. The Balaban J connectivity index is 2.10. The molecule has 5 nitrogen and oxygen atoms in total. The van der Waals surface area contributed by atoms with Crippen LogP contribution in [-0.2, 0) is 0 Å². The maximum atomic E-state index is 5.86. The topological polar surface area (TPSA) is 63.7 Å². The highest BCUT2D eigenvalue weighted by Crippen LogP contribution is 2.29. The molecule has 2 aromatic heterocycles. The number of aromatic amines is 1. The lowest BCUT2D eigenvalue weighted by Gasteiger charge is -2.10. The molecule has 3 rings (SSSR count). The van der Waals surface area contributed by atoms with E-state index in [9.17, 15) is 0 Å². The van der Waals surface area contributed by atoms with E-state index in [2.05, 4.69) is 19.9 Å². The quantitative estimate of drug-likeness (QED) is 0.727. The largest absolute Gasteiger partial charge is 0.437 e. The molecule has 0 radical (unpaired) electrons. The number of aryl methyl sites for hydroxylation is 1. The first-order valence-corrected chi connectivity index (χ1v) is 6.13. The zero-order chi connectivity index (χ0) is 13.4. The van der Waals surface area contributed by atoms with Crippen molar-refractivity contribution in [1.82, 2.24) is 19.9 Å². The van der Waals surface area contributed by atoms with Crippen molar-refractivity contribution >= 4 is 22.8 Å². The fourth-order valence-corrected chi connectivity index (χ4v) is 1.95. The fraction of sp³-hybridized carbons (Fsp3) is 0.154. The molecule has 0 bridgehead atoms. The number of rotatable bonds is 2. The fourth-order valence-electron chi connectivity index (χ4n) is 1.79. The van der Waals surface area contributed by atoms with Crippen LogP contribution in [0.2, 0.25) is 5.28 Å². The van der Waals surface area contributed by atoms with E-state index in [1.165, 1.54) is 6.33 Å². The van der Waals surface area contributed by atoms with Gasteiger partial charge in [-0.1, -0.05) is 12.1 Å². The Morgan fingerprint density at radius 2 is 2.05 bits per heavy atom. The molecule has 1 aromatic carbocycles. The summed E-state index contributed by atoms with van der Waals surface area (Å²) in [5.74, 6) is 1.12. The minimum absolute atomic E-state index is 0.111. The monoisotopic (exact) mass is 274 g/mol. The predicted octanol–water partition coefficient (Wildman–Crippen LogP) is 3.42. The average Bonchev–Trinajstić information content (AvgIpc) is 2.83. The van der Waals surface area contributed by atoms with Crippen molar-refractivity contribution in [3.63, 3.8) is 0 Å². The smallest absolute Gasteiger partial charge is 0.250 e. The molecule has 0 aliphatic carbocycles. The Labute approximate surface area is 114 Å². The van der Waals surface area contributed by atoms with Gasteiger partial charge in [-0.25, -0.2) is 4.98 Å². The summed E-state index contributed by atoms with van der Waals surface area (Å²) in [4.78, 5) is 15.1. The first-order valence-electron chi connectivity index (χ1n) is 5.76. The highest BCUT2D eigenvalue weighted by atomic mass is 35.5. The number of hydrogen-bond donors (Lipinski definition) is 1. The molecule has 0 spiro atoms. The van der Waals surface area contributed by atoms with E-state index in [-0.39, 0.29) is 5.28 Å². The number of aromatic nitrogens is 4. The van der Waals surface area contributed by atoms with Crippen LogP contribution in [-0.4, -0.2) is 19.9 Å². The highest BCUT2D eigenvalue weighted by Gasteiger charge is 2.12. The summed E-state index contributed by atoms with van der Waals surface area (Å²) in [7, 11) is 0. The molecule has 0 aliphatic heterocycles. The molecule has 1 N–H and O–H groups in total. The molecule has 0 amide bonds. The van der Waals surface area contributed by atoms with Crippen LogP contribution in [0.1, 0.15) is 11.1 Å². The third-order valence-electron chi connectivity index (χ3n) is 2.99. The summed E-state index contributed by atoms with van der Waals surface area (Å²) in [6.45, 7) is 4.03. The van der Waals surface area contributed by atoms with Crippen LogP contribution in [0.25, 0.3) is 11.2 Å². The molecule has 0 saturated heterocycles. The average molecular weight is 275 g/mol. The van der Waals surface area contributed by atoms with Gasteiger partial charge in [0.1, 0.15) is 11.3 Å². The van der Waals surface area contributed by atoms with Crippen LogP contribution < -0.4 is 4.74 Å². The Hall–Kier alpha value is -2.14. The number of imidazole rings is 1. The van der Waals surface area contributed by atoms with E-state index in [0.717, 1.165) is 16.9 Å². The first kappa shape index (κ1) is 11.9. The van der Waals surface area contributed by atoms with Crippen molar-refractivity contribution in [2.75, 3.05) is 0 Å². The molecule has 0 saturated carbocycles. The molecular formula is C13H11ClN4O. The number of H-pyrrole nitrogens is 1. The second-order valence-electron chi connectivity index (χ2n) is 4.20. The Bertz CT molecular complexity index is 753. The number of nitrogens with zero attached hydrogens (tertiary/aromatic N) is 3. The third-order valence-corrected chi connectivity index (χ3v) is 3.16. The standard InChI is InChI=1S/C13H11ClN4O/c1-7-4-3-5-9(8(7)2)19-12-10-11(16-6-15-10)17-13(14)18-12/h3-6H,1-2H3,(H,15,16,17,18). The van der Waals surface area contributed by atoms with E-state index in [1.54, 1.807) is 0 Å². The van der Waals surface area contributed by atoms with Crippen molar-refractivity contribution in [1.29, 1.82) is 0 Å². The van der Waals surface area contributed by atoms with E-state index in [4.69, 9.17) is 16.3 Å². The van der Waals surface area contributed by atoms with Gasteiger partial charge in [0.05, 0.1) is 6.33 Å². The van der Waals surface area contributed by atoms with Crippen LogP contribution >= 0.6 is 11.6 Å². The summed E-state index contributed by atoms with van der Waals surface area (Å²) in [5.41, 5.74) is 3.33. The summed E-state index contributed by atoms with van der Waals surface area (Å²) >= 11 is 5.86. The molecule has 3 aromatic rings. The van der Waals surface area contributed by atoms with Gasteiger partial charge in [-0.3, -0.25) is 0 Å². The summed E-state index contributed by atoms with van der Waals surface area (Å²) < 4.78 is 5.84. The number of nitrogens with one attached hydrogen (secondary N) is 1. The number of fused-ring (bicyclic) bond motifs is 1. The lowest BCUT2D eigenvalue weighted by molar-refractivity contribution is 0.463. The number of halogens is 1. The second kappa shape index (κ2) is 4.51. The van der Waals surface area contributed by atoms with Crippen LogP contribution in [0.5, 0.6) is 11.6 Å².